The van der Waals surface area contributed by atoms with Crippen LogP contribution in [-0.2, 0) is 14.3 Å². The number of likely N-dealkylation sites (tertiary alicyclic amines) is 1. The van der Waals surface area contributed by atoms with Crippen LogP contribution in [-0.4, -0.2) is 42.4 Å². The second-order valence-electron chi connectivity index (χ2n) is 5.85. The molecule has 122 valence electrons. The van der Waals surface area contributed by atoms with Crippen LogP contribution in [0.4, 0.5) is 5.69 Å². The molecule has 1 heterocycles. The van der Waals surface area contributed by atoms with Crippen LogP contribution >= 0.6 is 11.6 Å². The standard InChI is InChI=1S/C16H17ClN2O4/c1-23-16(22)9-2-5-12(17)13(6-9)18-15(21)10-7-14(20)19(8-10)11-3-4-11/h2,5-6,10-11H,3-4,7-8H2,1H3,(H,18,21). The predicted molar refractivity (Wildman–Crippen MR) is 84.3 cm³/mol. The number of benzene rings is 1. The van der Waals surface area contributed by atoms with E-state index in [2.05, 4.69) is 10.1 Å². The van der Waals surface area contributed by atoms with Crippen LogP contribution in [0, 0.1) is 5.92 Å². The van der Waals surface area contributed by atoms with Crippen molar-refractivity contribution >= 4 is 35.1 Å². The van der Waals surface area contributed by atoms with Crippen molar-refractivity contribution in [2.75, 3.05) is 19.0 Å². The molecule has 23 heavy (non-hydrogen) atoms. The SMILES string of the molecule is COC(=O)c1ccc(Cl)c(NC(=O)C2CC(=O)N(C3CC3)C2)c1. The molecule has 0 spiro atoms. The number of carbonyl (C=O) groups excluding carboxylic acids is 3. The van der Waals surface area contributed by atoms with Gasteiger partial charge in [-0.1, -0.05) is 11.6 Å². The first-order valence-corrected chi connectivity index (χ1v) is 7.85. The lowest BCUT2D eigenvalue weighted by Gasteiger charge is -2.15. The summed E-state index contributed by atoms with van der Waals surface area (Å²) in [5, 5.41) is 3.04. The van der Waals surface area contributed by atoms with Gasteiger partial charge in [-0.25, -0.2) is 4.79 Å². The number of esters is 1. The molecule has 0 aromatic heterocycles. The summed E-state index contributed by atoms with van der Waals surface area (Å²) in [6, 6.07) is 4.84. The van der Waals surface area contributed by atoms with Gasteiger partial charge in [0.25, 0.3) is 0 Å². The highest BCUT2D eigenvalue weighted by Crippen LogP contribution is 2.33. The minimum Gasteiger partial charge on any atom is -0.465 e. The van der Waals surface area contributed by atoms with Gasteiger partial charge in [-0.15, -0.1) is 0 Å². The molecule has 6 nitrogen and oxygen atoms in total. The van der Waals surface area contributed by atoms with E-state index in [1.54, 1.807) is 4.90 Å². The molecule has 1 saturated heterocycles. The van der Waals surface area contributed by atoms with Crippen molar-refractivity contribution in [3.05, 3.63) is 28.8 Å². The molecule has 7 heteroatoms. The summed E-state index contributed by atoms with van der Waals surface area (Å²) >= 11 is 6.07. The Kier molecular flexibility index (Phi) is 4.26. The molecule has 1 saturated carbocycles. The van der Waals surface area contributed by atoms with Crippen LogP contribution in [0.25, 0.3) is 0 Å². The monoisotopic (exact) mass is 336 g/mol. The molecule has 1 unspecified atom stereocenters. The summed E-state index contributed by atoms with van der Waals surface area (Å²) in [4.78, 5) is 37.7. The van der Waals surface area contributed by atoms with Crippen molar-refractivity contribution in [1.29, 1.82) is 0 Å². The van der Waals surface area contributed by atoms with Gasteiger partial charge in [0, 0.05) is 19.0 Å². The molecular formula is C16H17ClN2O4. The van der Waals surface area contributed by atoms with Crippen LogP contribution in [0.5, 0.6) is 0 Å². The normalized spacial score (nSPS) is 20.5. The van der Waals surface area contributed by atoms with Crippen LogP contribution < -0.4 is 5.32 Å². The second-order valence-corrected chi connectivity index (χ2v) is 6.26. The zero-order valence-electron chi connectivity index (χ0n) is 12.7. The second kappa shape index (κ2) is 6.20. The lowest BCUT2D eigenvalue weighted by atomic mass is 10.1. The number of ether oxygens (including phenoxy) is 1. The van der Waals surface area contributed by atoms with E-state index < -0.39 is 5.97 Å². The number of carbonyl (C=O) groups is 3. The summed E-state index contributed by atoms with van der Waals surface area (Å²) in [7, 11) is 1.28. The average molecular weight is 337 g/mol. The van der Waals surface area contributed by atoms with E-state index in [1.807, 2.05) is 0 Å². The Balaban J connectivity index is 1.70. The molecular weight excluding hydrogens is 320 g/mol. The van der Waals surface area contributed by atoms with E-state index in [9.17, 15) is 14.4 Å². The molecule has 2 fully saturated rings. The van der Waals surface area contributed by atoms with Gasteiger partial charge in [-0.2, -0.15) is 0 Å². The molecule has 2 amide bonds. The minimum absolute atomic E-state index is 0.0297. The summed E-state index contributed by atoms with van der Waals surface area (Å²) < 4.78 is 4.65. The number of hydrogen-bond donors (Lipinski definition) is 1. The number of anilines is 1. The number of nitrogens with zero attached hydrogens (tertiary/aromatic N) is 1. The fourth-order valence-electron chi connectivity index (χ4n) is 2.75. The third-order valence-corrected chi connectivity index (χ3v) is 4.49. The lowest BCUT2D eigenvalue weighted by Crippen LogP contribution is -2.30. The van der Waals surface area contributed by atoms with Crippen molar-refractivity contribution < 1.29 is 19.1 Å². The maximum absolute atomic E-state index is 12.4. The minimum atomic E-state index is -0.506. The number of rotatable bonds is 4. The van der Waals surface area contributed by atoms with Gasteiger partial charge in [0.2, 0.25) is 11.8 Å². The summed E-state index contributed by atoms with van der Waals surface area (Å²) in [5.41, 5.74) is 0.645. The van der Waals surface area contributed by atoms with E-state index in [-0.39, 0.29) is 24.2 Å². The molecule has 1 atom stereocenters. The summed E-state index contributed by atoms with van der Waals surface area (Å²) in [6.07, 6.45) is 2.26. The van der Waals surface area contributed by atoms with Gasteiger partial charge >= 0.3 is 5.97 Å². The van der Waals surface area contributed by atoms with E-state index >= 15 is 0 Å². The first-order chi connectivity index (χ1) is 11.0. The van der Waals surface area contributed by atoms with Crippen LogP contribution in [0.3, 0.4) is 0 Å². The van der Waals surface area contributed by atoms with E-state index in [0.717, 1.165) is 12.8 Å². The lowest BCUT2D eigenvalue weighted by molar-refractivity contribution is -0.128. The molecule has 0 bridgehead atoms. The molecule has 0 radical (unpaired) electrons. The van der Waals surface area contributed by atoms with E-state index in [1.165, 1.54) is 25.3 Å². The van der Waals surface area contributed by atoms with Gasteiger partial charge in [0.15, 0.2) is 0 Å². The van der Waals surface area contributed by atoms with Crippen molar-refractivity contribution in [2.24, 2.45) is 5.92 Å². The largest absolute Gasteiger partial charge is 0.465 e. The Morgan fingerprint density at radius 3 is 2.74 bits per heavy atom. The highest BCUT2D eigenvalue weighted by atomic mass is 35.5. The van der Waals surface area contributed by atoms with Crippen molar-refractivity contribution in [1.82, 2.24) is 4.90 Å². The molecule has 1 N–H and O–H groups in total. The number of halogens is 1. The Labute approximate surface area is 138 Å². The van der Waals surface area contributed by atoms with Crippen LogP contribution in [0.15, 0.2) is 18.2 Å². The zero-order chi connectivity index (χ0) is 16.6. The van der Waals surface area contributed by atoms with Gasteiger partial charge in [-0.3, -0.25) is 9.59 Å². The molecule has 3 rings (SSSR count). The van der Waals surface area contributed by atoms with Crippen LogP contribution in [0.1, 0.15) is 29.6 Å². The number of amides is 2. The molecule has 1 aliphatic heterocycles. The molecule has 1 aromatic carbocycles. The van der Waals surface area contributed by atoms with Gasteiger partial charge in [0.05, 0.1) is 29.3 Å². The third-order valence-electron chi connectivity index (χ3n) is 4.16. The maximum Gasteiger partial charge on any atom is 0.337 e. The zero-order valence-corrected chi connectivity index (χ0v) is 13.4. The predicted octanol–water partition coefficient (Wildman–Crippen LogP) is 2.08. The Morgan fingerprint density at radius 2 is 2.09 bits per heavy atom. The van der Waals surface area contributed by atoms with Gasteiger partial charge < -0.3 is 15.0 Å². The van der Waals surface area contributed by atoms with Crippen LogP contribution in [0.2, 0.25) is 5.02 Å². The molecule has 2 aliphatic rings. The Morgan fingerprint density at radius 1 is 1.35 bits per heavy atom. The maximum atomic E-state index is 12.4. The first kappa shape index (κ1) is 15.8. The van der Waals surface area contributed by atoms with Crippen molar-refractivity contribution in [3.8, 4) is 0 Å². The third kappa shape index (κ3) is 3.32. The quantitative estimate of drug-likeness (QED) is 0.854. The average Bonchev–Trinajstić information content (AvgIpc) is 3.30. The fourth-order valence-corrected chi connectivity index (χ4v) is 2.91. The van der Waals surface area contributed by atoms with Crippen molar-refractivity contribution in [3.63, 3.8) is 0 Å². The smallest absolute Gasteiger partial charge is 0.337 e. The van der Waals surface area contributed by atoms with Crippen molar-refractivity contribution in [2.45, 2.75) is 25.3 Å². The highest BCUT2D eigenvalue weighted by molar-refractivity contribution is 6.33. The van der Waals surface area contributed by atoms with E-state index in [0.29, 0.717) is 28.9 Å². The van der Waals surface area contributed by atoms with Gasteiger partial charge in [0.1, 0.15) is 0 Å². The topological polar surface area (TPSA) is 75.7 Å². The Hall–Kier alpha value is -2.08. The number of nitrogens with one attached hydrogen (secondary N) is 1. The first-order valence-electron chi connectivity index (χ1n) is 7.48. The van der Waals surface area contributed by atoms with Gasteiger partial charge in [-0.05, 0) is 31.0 Å². The summed E-state index contributed by atoms with van der Waals surface area (Å²) in [6.45, 7) is 0.448. The Bertz CT molecular complexity index is 672. The molecule has 1 aromatic rings. The molecule has 1 aliphatic carbocycles. The number of methoxy groups -OCH3 is 1. The highest BCUT2D eigenvalue weighted by Gasteiger charge is 2.41. The van der Waals surface area contributed by atoms with E-state index in [4.69, 9.17) is 11.6 Å². The summed E-state index contributed by atoms with van der Waals surface area (Å²) in [5.74, 6) is -1.12. The fraction of sp³-hybridized carbons (Fsp3) is 0.438. The number of hydrogen-bond acceptors (Lipinski definition) is 4.